The van der Waals surface area contributed by atoms with E-state index in [-0.39, 0.29) is 43.5 Å². The van der Waals surface area contributed by atoms with Gasteiger partial charge in [0.15, 0.2) is 28.4 Å². The van der Waals surface area contributed by atoms with E-state index in [0.29, 0.717) is 12.8 Å². The number of ether oxygens (including phenoxy) is 5. The average molecular weight is 527 g/mol. The average Bonchev–Trinajstić information content (AvgIpc) is 3.45. The molecule has 1 N–H and O–H groups in total. The molecule has 10 heteroatoms. The van der Waals surface area contributed by atoms with E-state index in [1.54, 1.807) is 13.0 Å². The van der Waals surface area contributed by atoms with Crippen molar-refractivity contribution in [3.63, 3.8) is 0 Å². The molecule has 5 bridgehead atoms. The summed E-state index contributed by atoms with van der Waals surface area (Å²) in [6.07, 6.45) is 3.82. The standard InChI is InChI=1S/C28H30O10/c1-22-10-17-24(3)28-18(22)19(30)27(38-28,34-11-14(22)20(31)35-17)13-9-16-26(36-16)7-4-5-15(29)23(26,2)12(13)6-8-25(28,33)21(32)37-24/h4-5,12-14,16-18,33H,6-11H2,1-3H3/t12-,13-,14+,16+,17-,18+,22-,23+,24-,25+,26+,27-,28+/m1/s1. The number of hydrogen-bond acceptors (Lipinski definition) is 10. The van der Waals surface area contributed by atoms with Crippen molar-refractivity contribution >= 4 is 23.5 Å². The molecule has 6 saturated heterocycles. The second-order valence-corrected chi connectivity index (χ2v) is 13.8. The van der Waals surface area contributed by atoms with Crippen molar-refractivity contribution in [2.75, 3.05) is 6.61 Å². The summed E-state index contributed by atoms with van der Waals surface area (Å²) in [5, 5.41) is 12.4. The van der Waals surface area contributed by atoms with Crippen LogP contribution in [0.4, 0.5) is 0 Å². The zero-order chi connectivity index (χ0) is 26.5. The van der Waals surface area contributed by atoms with Crippen LogP contribution >= 0.6 is 0 Å². The Hall–Kier alpha value is -2.14. The minimum absolute atomic E-state index is 0.0583. The number of allylic oxidation sites excluding steroid dienone is 1. The Balaban J connectivity index is 1.34. The van der Waals surface area contributed by atoms with Gasteiger partial charge in [0.1, 0.15) is 11.7 Å². The Morgan fingerprint density at radius 1 is 1.05 bits per heavy atom. The van der Waals surface area contributed by atoms with Crippen molar-refractivity contribution < 1.29 is 48.0 Å². The fourth-order valence-corrected chi connectivity index (χ4v) is 10.9. The molecule has 8 fully saturated rings. The van der Waals surface area contributed by atoms with Gasteiger partial charge in [-0.1, -0.05) is 13.0 Å². The second-order valence-electron chi connectivity index (χ2n) is 13.8. The summed E-state index contributed by atoms with van der Waals surface area (Å²) in [5.74, 6) is -6.56. The van der Waals surface area contributed by atoms with Crippen LogP contribution < -0.4 is 0 Å². The predicted octanol–water partition coefficient (Wildman–Crippen LogP) is 0.768. The third-order valence-electron chi connectivity index (χ3n) is 12.9. The first-order valence-electron chi connectivity index (χ1n) is 13.8. The molecule has 2 saturated carbocycles. The highest BCUT2D eigenvalue weighted by molar-refractivity contribution is 6.00. The zero-order valence-corrected chi connectivity index (χ0v) is 21.5. The highest BCUT2D eigenvalue weighted by Crippen LogP contribution is 2.77. The van der Waals surface area contributed by atoms with Crippen molar-refractivity contribution in [3.8, 4) is 0 Å². The van der Waals surface area contributed by atoms with Crippen LogP contribution in [-0.2, 0) is 42.9 Å². The van der Waals surface area contributed by atoms with Crippen LogP contribution in [0.3, 0.4) is 0 Å². The van der Waals surface area contributed by atoms with Gasteiger partial charge in [-0.2, -0.15) is 0 Å². The van der Waals surface area contributed by atoms with Gasteiger partial charge in [-0.05, 0) is 63.4 Å². The molecular formula is C28H30O10. The van der Waals surface area contributed by atoms with Crippen molar-refractivity contribution in [1.82, 2.24) is 0 Å². The summed E-state index contributed by atoms with van der Waals surface area (Å²) >= 11 is 0. The van der Waals surface area contributed by atoms with Gasteiger partial charge in [0.05, 0.1) is 30.0 Å². The number of ketones is 2. The van der Waals surface area contributed by atoms with Gasteiger partial charge in [0.25, 0.3) is 0 Å². The van der Waals surface area contributed by atoms with Crippen molar-refractivity contribution in [2.24, 2.45) is 34.5 Å². The number of epoxide rings is 1. The maximum absolute atomic E-state index is 14.9. The van der Waals surface area contributed by atoms with Gasteiger partial charge >= 0.3 is 11.9 Å². The normalized spacial score (nSPS) is 64.1. The lowest BCUT2D eigenvalue weighted by atomic mass is 9.46. The summed E-state index contributed by atoms with van der Waals surface area (Å²) in [4.78, 5) is 55.6. The minimum atomic E-state index is -2.19. The van der Waals surface area contributed by atoms with Crippen LogP contribution in [0, 0.1) is 34.5 Å². The van der Waals surface area contributed by atoms with Gasteiger partial charge < -0.3 is 28.8 Å². The summed E-state index contributed by atoms with van der Waals surface area (Å²) in [7, 11) is 0. The van der Waals surface area contributed by atoms with Crippen molar-refractivity contribution in [2.45, 2.75) is 93.3 Å². The van der Waals surface area contributed by atoms with E-state index < -0.39 is 80.7 Å². The van der Waals surface area contributed by atoms with Crippen LogP contribution in [0.15, 0.2) is 12.2 Å². The molecule has 0 unspecified atom stereocenters. The number of aliphatic hydroxyl groups is 1. The molecule has 13 atom stereocenters. The van der Waals surface area contributed by atoms with E-state index in [1.807, 2.05) is 19.9 Å². The second kappa shape index (κ2) is 5.82. The number of fused-ring (bicyclic) bond motifs is 4. The molecule has 202 valence electrons. The molecule has 9 rings (SSSR count). The molecule has 3 spiro atoms. The maximum atomic E-state index is 14.9. The summed E-state index contributed by atoms with van der Waals surface area (Å²) < 4.78 is 31.5. The number of Topliss-reactive ketones (excluding diaryl/α,β-unsaturated/α-hetero) is 1. The highest BCUT2D eigenvalue weighted by Gasteiger charge is 2.94. The summed E-state index contributed by atoms with van der Waals surface area (Å²) in [6.45, 7) is 5.27. The zero-order valence-electron chi connectivity index (χ0n) is 21.5. The van der Waals surface area contributed by atoms with E-state index in [2.05, 4.69) is 0 Å². The molecule has 0 radical (unpaired) electrons. The maximum Gasteiger partial charge on any atom is 0.342 e. The molecule has 10 nitrogen and oxygen atoms in total. The van der Waals surface area contributed by atoms with Crippen molar-refractivity contribution in [3.05, 3.63) is 12.2 Å². The van der Waals surface area contributed by atoms with Crippen LogP contribution in [0.1, 0.15) is 52.9 Å². The topological polar surface area (TPSA) is 138 Å². The van der Waals surface area contributed by atoms with E-state index in [0.717, 1.165) is 0 Å². The van der Waals surface area contributed by atoms with Gasteiger partial charge in [-0.25, -0.2) is 4.79 Å². The van der Waals surface area contributed by atoms with Crippen LogP contribution in [0.5, 0.6) is 0 Å². The Kier molecular flexibility index (Phi) is 3.47. The molecule has 0 aromatic rings. The fraction of sp³-hybridized carbons (Fsp3) is 0.786. The largest absolute Gasteiger partial charge is 0.458 e. The summed E-state index contributed by atoms with van der Waals surface area (Å²) in [6, 6.07) is 0. The quantitative estimate of drug-likeness (QED) is 0.356. The molecule has 0 aromatic heterocycles. The Bertz CT molecular complexity index is 1340. The third kappa shape index (κ3) is 1.79. The van der Waals surface area contributed by atoms with Crippen LogP contribution in [0.25, 0.3) is 0 Å². The number of carbonyl (C=O) groups is 4. The first-order valence-corrected chi connectivity index (χ1v) is 13.8. The fourth-order valence-electron chi connectivity index (χ4n) is 10.9. The summed E-state index contributed by atoms with van der Waals surface area (Å²) in [5.41, 5.74) is -8.23. The van der Waals surface area contributed by atoms with Gasteiger partial charge in [0, 0.05) is 5.92 Å². The molecular weight excluding hydrogens is 496 g/mol. The van der Waals surface area contributed by atoms with E-state index in [9.17, 15) is 24.3 Å². The van der Waals surface area contributed by atoms with E-state index >= 15 is 0 Å². The molecule has 6 aliphatic heterocycles. The molecule has 0 aromatic carbocycles. The van der Waals surface area contributed by atoms with Crippen LogP contribution in [-0.4, -0.2) is 75.6 Å². The molecule has 9 aliphatic rings. The van der Waals surface area contributed by atoms with Gasteiger partial charge in [-0.15, -0.1) is 0 Å². The number of esters is 2. The van der Waals surface area contributed by atoms with Gasteiger partial charge in [-0.3, -0.25) is 14.4 Å². The first kappa shape index (κ1) is 22.7. The molecule has 38 heavy (non-hydrogen) atoms. The monoisotopic (exact) mass is 526 g/mol. The lowest BCUT2D eigenvalue weighted by Crippen LogP contribution is -2.79. The number of carbonyl (C=O) groups excluding carboxylic acids is 4. The molecule has 6 heterocycles. The molecule has 3 aliphatic carbocycles. The Morgan fingerprint density at radius 3 is 2.63 bits per heavy atom. The third-order valence-corrected chi connectivity index (χ3v) is 12.9. The predicted molar refractivity (Wildman–Crippen MR) is 122 cm³/mol. The van der Waals surface area contributed by atoms with E-state index in [1.165, 1.54) is 0 Å². The van der Waals surface area contributed by atoms with Crippen molar-refractivity contribution in [1.29, 1.82) is 0 Å². The number of rotatable bonds is 0. The Labute approximate surface area is 218 Å². The van der Waals surface area contributed by atoms with Gasteiger partial charge in [0.2, 0.25) is 5.79 Å². The Morgan fingerprint density at radius 2 is 1.84 bits per heavy atom. The minimum Gasteiger partial charge on any atom is -0.458 e. The SMILES string of the molecule is C[C@@]12C[C@H]3OC(=O)[C@@H]1CO[C@]14O[C@]5([C@H]2C1=O)[C@](O)(CC[C@@H]1[C@H]4C[C@@H]2O[C@@]24CC=CC(=O)[C@]14C)C(=O)O[C@]35C. The molecule has 0 amide bonds. The van der Waals surface area contributed by atoms with Crippen LogP contribution in [0.2, 0.25) is 0 Å². The first-order chi connectivity index (χ1) is 17.9. The van der Waals surface area contributed by atoms with E-state index in [4.69, 9.17) is 23.7 Å². The lowest BCUT2D eigenvalue weighted by Gasteiger charge is -2.63. The smallest absolute Gasteiger partial charge is 0.342 e. The highest BCUT2D eigenvalue weighted by atomic mass is 16.8. The lowest BCUT2D eigenvalue weighted by molar-refractivity contribution is -0.375. The number of hydrogen-bond donors (Lipinski definition) is 1.